The summed E-state index contributed by atoms with van der Waals surface area (Å²) in [6.45, 7) is 0. The molecule has 3 N–H and O–H groups in total. The molecule has 0 saturated carbocycles. The number of rotatable bonds is 4. The number of benzene rings is 1. The van der Waals surface area contributed by atoms with Crippen LogP contribution in [-0.2, 0) is 0 Å². The number of nitrogens with zero attached hydrogens (tertiary/aromatic N) is 2. The van der Waals surface area contributed by atoms with Crippen LogP contribution in [0.3, 0.4) is 0 Å². The second kappa shape index (κ2) is 5.79. The van der Waals surface area contributed by atoms with Crippen LogP contribution in [0.15, 0.2) is 48.8 Å². The Balaban J connectivity index is 1.87. The lowest BCUT2D eigenvalue weighted by Gasteiger charge is -2.10. The third-order valence-electron chi connectivity index (χ3n) is 3.97. The number of methoxy groups -OCH3 is 1. The van der Waals surface area contributed by atoms with E-state index in [0.717, 1.165) is 27.6 Å². The number of H-pyrrole nitrogens is 1. The van der Waals surface area contributed by atoms with Crippen molar-refractivity contribution in [2.45, 2.75) is 0 Å². The van der Waals surface area contributed by atoms with Crippen LogP contribution < -0.4 is 10.1 Å². The maximum absolute atomic E-state index is 11.2. The van der Waals surface area contributed by atoms with Crippen LogP contribution in [0.1, 0.15) is 10.5 Å². The number of ether oxygens (including phenoxy) is 1. The summed E-state index contributed by atoms with van der Waals surface area (Å²) >= 11 is 0. The van der Waals surface area contributed by atoms with Gasteiger partial charge in [-0.25, -0.2) is 9.78 Å². The molecule has 0 fully saturated rings. The minimum Gasteiger partial charge on any atom is -0.497 e. The van der Waals surface area contributed by atoms with Crippen molar-refractivity contribution in [1.29, 1.82) is 0 Å². The van der Waals surface area contributed by atoms with E-state index in [9.17, 15) is 9.90 Å². The van der Waals surface area contributed by atoms with Crippen molar-refractivity contribution < 1.29 is 14.6 Å². The number of aromatic carboxylic acids is 1. The predicted molar refractivity (Wildman–Crippen MR) is 94.6 cm³/mol. The number of pyridine rings is 2. The van der Waals surface area contributed by atoms with Gasteiger partial charge in [-0.2, -0.15) is 0 Å². The fraction of sp³-hybridized carbons (Fsp3) is 0.0556. The first-order valence-corrected chi connectivity index (χ1v) is 7.56. The van der Waals surface area contributed by atoms with Gasteiger partial charge in [0.05, 0.1) is 7.11 Å². The molecule has 4 aromatic rings. The number of nitrogens with one attached hydrogen (secondary N) is 2. The molecule has 0 saturated heterocycles. The molecule has 0 unspecified atom stereocenters. The molecular formula is C18H14N4O3. The molecule has 0 aliphatic heterocycles. The Morgan fingerprint density at radius 3 is 2.68 bits per heavy atom. The zero-order chi connectivity index (χ0) is 17.4. The zero-order valence-corrected chi connectivity index (χ0v) is 13.3. The lowest BCUT2D eigenvalue weighted by Crippen LogP contribution is -1.97. The van der Waals surface area contributed by atoms with E-state index < -0.39 is 5.97 Å². The van der Waals surface area contributed by atoms with Crippen LogP contribution in [0.2, 0.25) is 0 Å². The third kappa shape index (κ3) is 2.61. The largest absolute Gasteiger partial charge is 0.497 e. The molecule has 25 heavy (non-hydrogen) atoms. The first-order chi connectivity index (χ1) is 12.2. The van der Waals surface area contributed by atoms with Crippen molar-refractivity contribution in [3.8, 4) is 5.75 Å². The van der Waals surface area contributed by atoms with Gasteiger partial charge in [-0.05, 0) is 41.8 Å². The van der Waals surface area contributed by atoms with Crippen molar-refractivity contribution in [2.75, 3.05) is 12.4 Å². The average molecular weight is 334 g/mol. The van der Waals surface area contributed by atoms with Crippen LogP contribution in [0.5, 0.6) is 5.75 Å². The van der Waals surface area contributed by atoms with E-state index >= 15 is 0 Å². The van der Waals surface area contributed by atoms with Gasteiger partial charge < -0.3 is 20.1 Å². The second-order valence-electron chi connectivity index (χ2n) is 5.49. The van der Waals surface area contributed by atoms with Crippen molar-refractivity contribution in [3.63, 3.8) is 0 Å². The molecule has 7 nitrogen and oxygen atoms in total. The Labute approximate surface area is 142 Å². The van der Waals surface area contributed by atoms with Crippen LogP contribution in [-0.4, -0.2) is 33.1 Å². The Morgan fingerprint density at radius 1 is 1.16 bits per heavy atom. The smallest absolute Gasteiger partial charge is 0.352 e. The van der Waals surface area contributed by atoms with Crippen LogP contribution in [0.4, 0.5) is 11.5 Å². The summed E-state index contributed by atoms with van der Waals surface area (Å²) in [6.07, 6.45) is 3.38. The highest BCUT2D eigenvalue weighted by Gasteiger charge is 2.14. The standard InChI is InChI=1S/C18H14N4O3/c1-25-11-4-2-10(3-5-11)20-17-14-9-19-7-6-12(14)13-8-15(18(23)24)21-16(13)22-17/h2-9H,1H3,(H,23,24)(H2,20,21,22). The second-order valence-corrected chi connectivity index (χ2v) is 5.49. The van der Waals surface area contributed by atoms with Crippen molar-refractivity contribution in [3.05, 3.63) is 54.5 Å². The average Bonchev–Trinajstić information content (AvgIpc) is 3.07. The fourth-order valence-electron chi connectivity index (χ4n) is 2.75. The summed E-state index contributed by atoms with van der Waals surface area (Å²) < 4.78 is 5.16. The number of carbonyl (C=O) groups is 1. The first kappa shape index (κ1) is 14.9. The van der Waals surface area contributed by atoms with Crippen LogP contribution >= 0.6 is 0 Å². The van der Waals surface area contributed by atoms with Gasteiger partial charge in [0, 0.05) is 28.9 Å². The number of fused-ring (bicyclic) bond motifs is 3. The highest BCUT2D eigenvalue weighted by atomic mass is 16.5. The quantitative estimate of drug-likeness (QED) is 0.527. The molecule has 3 aromatic heterocycles. The summed E-state index contributed by atoms with van der Waals surface area (Å²) in [4.78, 5) is 22.8. The van der Waals surface area contributed by atoms with Crippen molar-refractivity contribution >= 4 is 39.3 Å². The van der Waals surface area contributed by atoms with E-state index in [1.807, 2.05) is 30.3 Å². The van der Waals surface area contributed by atoms with Gasteiger partial charge in [-0.1, -0.05) is 0 Å². The van der Waals surface area contributed by atoms with Crippen LogP contribution in [0.25, 0.3) is 21.8 Å². The summed E-state index contributed by atoms with van der Waals surface area (Å²) in [7, 11) is 1.61. The summed E-state index contributed by atoms with van der Waals surface area (Å²) in [5.74, 6) is 0.334. The minimum absolute atomic E-state index is 0.0993. The number of aromatic nitrogens is 3. The molecule has 0 spiro atoms. The van der Waals surface area contributed by atoms with Crippen molar-refractivity contribution in [1.82, 2.24) is 15.0 Å². The molecule has 1 aromatic carbocycles. The van der Waals surface area contributed by atoms with E-state index in [1.165, 1.54) is 0 Å². The summed E-state index contributed by atoms with van der Waals surface area (Å²) in [5, 5.41) is 14.9. The van der Waals surface area contributed by atoms with Gasteiger partial charge in [0.25, 0.3) is 0 Å². The summed E-state index contributed by atoms with van der Waals surface area (Å²) in [6, 6.07) is 10.9. The van der Waals surface area contributed by atoms with Gasteiger partial charge >= 0.3 is 5.97 Å². The number of hydrogen-bond acceptors (Lipinski definition) is 5. The van der Waals surface area contributed by atoms with Gasteiger partial charge in [-0.3, -0.25) is 4.98 Å². The molecule has 3 heterocycles. The topological polar surface area (TPSA) is 100 Å². The number of aromatic amines is 1. The van der Waals surface area contributed by atoms with Gasteiger partial charge in [0.15, 0.2) is 0 Å². The van der Waals surface area contributed by atoms with Gasteiger partial charge in [-0.15, -0.1) is 0 Å². The molecular weight excluding hydrogens is 320 g/mol. The SMILES string of the molecule is COc1ccc(Nc2nc3[nH]c(C(=O)O)cc3c3ccncc23)cc1. The van der Waals surface area contributed by atoms with E-state index in [0.29, 0.717) is 11.5 Å². The number of carboxylic acid groups (broad SMARTS) is 1. The maximum atomic E-state index is 11.2. The molecule has 0 amide bonds. The first-order valence-electron chi connectivity index (χ1n) is 7.56. The van der Waals surface area contributed by atoms with Gasteiger partial charge in [0.2, 0.25) is 0 Å². The molecule has 0 aliphatic carbocycles. The van der Waals surface area contributed by atoms with E-state index in [2.05, 4.69) is 20.3 Å². The monoisotopic (exact) mass is 334 g/mol. The molecule has 0 aliphatic rings. The Kier molecular flexibility index (Phi) is 3.46. The number of carboxylic acids is 1. The third-order valence-corrected chi connectivity index (χ3v) is 3.97. The number of hydrogen-bond donors (Lipinski definition) is 3. The maximum Gasteiger partial charge on any atom is 0.352 e. The Hall–Kier alpha value is -3.61. The molecule has 7 heteroatoms. The Bertz CT molecular complexity index is 1090. The lowest BCUT2D eigenvalue weighted by molar-refractivity contribution is 0.0691. The normalized spacial score (nSPS) is 10.9. The molecule has 0 atom stereocenters. The minimum atomic E-state index is -1.02. The molecule has 0 radical (unpaired) electrons. The fourth-order valence-corrected chi connectivity index (χ4v) is 2.75. The molecule has 4 rings (SSSR count). The van der Waals surface area contributed by atoms with Crippen molar-refractivity contribution in [2.24, 2.45) is 0 Å². The Morgan fingerprint density at radius 2 is 1.96 bits per heavy atom. The van der Waals surface area contributed by atoms with Gasteiger partial charge in [0.1, 0.15) is 22.9 Å². The number of anilines is 2. The highest BCUT2D eigenvalue weighted by Crippen LogP contribution is 2.31. The van der Waals surface area contributed by atoms with Crippen LogP contribution in [0, 0.1) is 0 Å². The van der Waals surface area contributed by atoms with E-state index in [-0.39, 0.29) is 5.69 Å². The predicted octanol–water partition coefficient (Wildman–Crippen LogP) is 3.56. The van der Waals surface area contributed by atoms with E-state index in [4.69, 9.17) is 4.74 Å². The zero-order valence-electron chi connectivity index (χ0n) is 13.3. The summed E-state index contributed by atoms with van der Waals surface area (Å²) in [5.41, 5.74) is 1.44. The highest BCUT2D eigenvalue weighted by molar-refractivity contribution is 6.11. The lowest BCUT2D eigenvalue weighted by atomic mass is 10.1. The molecule has 124 valence electrons. The molecule has 0 bridgehead atoms. The van der Waals surface area contributed by atoms with E-state index in [1.54, 1.807) is 25.6 Å².